The zero-order chi connectivity index (χ0) is 22.8. The molecule has 2 heterocycles. The van der Waals surface area contributed by atoms with Crippen molar-refractivity contribution in [2.75, 3.05) is 31.2 Å². The van der Waals surface area contributed by atoms with Crippen LogP contribution in [0.5, 0.6) is 5.75 Å². The van der Waals surface area contributed by atoms with Gasteiger partial charge in [0.15, 0.2) is 5.82 Å². The van der Waals surface area contributed by atoms with Gasteiger partial charge in [0, 0.05) is 24.2 Å². The standard InChI is InChI=1S/C24H33N3O3Si/c1-17-13-18(9-12-31(5,6)24(2,3)4)14-21(29)23(17)20-7-8-22(26-25-20)27-10-11-30-19(15-27)16-28/h7-8,13-14,19,28-29H,10-11,15-16H2,1-6H3/t19-/m0/s1. The second kappa shape index (κ2) is 8.99. The first kappa shape index (κ1) is 23.3. The van der Waals surface area contributed by atoms with Gasteiger partial charge >= 0.3 is 0 Å². The van der Waals surface area contributed by atoms with Crippen LogP contribution in [0.2, 0.25) is 18.1 Å². The molecule has 31 heavy (non-hydrogen) atoms. The minimum Gasteiger partial charge on any atom is -0.507 e. The summed E-state index contributed by atoms with van der Waals surface area (Å²) in [6, 6.07) is 7.48. The van der Waals surface area contributed by atoms with Crippen molar-refractivity contribution < 1.29 is 14.9 Å². The van der Waals surface area contributed by atoms with E-state index in [4.69, 9.17) is 4.74 Å². The molecule has 1 atom stereocenters. The summed E-state index contributed by atoms with van der Waals surface area (Å²) in [6.07, 6.45) is -0.207. The number of ether oxygens (including phenoxy) is 1. The predicted molar refractivity (Wildman–Crippen MR) is 127 cm³/mol. The highest BCUT2D eigenvalue weighted by atomic mass is 28.3. The number of rotatable bonds is 3. The first-order valence-corrected chi connectivity index (χ1v) is 13.7. The van der Waals surface area contributed by atoms with Gasteiger partial charge in [-0.15, -0.1) is 15.7 Å². The summed E-state index contributed by atoms with van der Waals surface area (Å²) in [5.74, 6) is 4.19. The first-order valence-electron chi connectivity index (χ1n) is 10.7. The molecular formula is C24H33N3O3Si. The van der Waals surface area contributed by atoms with E-state index in [1.165, 1.54) is 0 Å². The Morgan fingerprint density at radius 3 is 2.55 bits per heavy atom. The Bertz CT molecular complexity index is 965. The topological polar surface area (TPSA) is 78.7 Å². The van der Waals surface area contributed by atoms with E-state index in [0.717, 1.165) is 16.9 Å². The van der Waals surface area contributed by atoms with Gasteiger partial charge in [0.2, 0.25) is 0 Å². The number of phenolic OH excluding ortho intramolecular Hbond substituents is 1. The van der Waals surface area contributed by atoms with Crippen molar-refractivity contribution in [1.82, 2.24) is 10.2 Å². The fraction of sp³-hybridized carbons (Fsp3) is 0.500. The molecule has 2 N–H and O–H groups in total. The van der Waals surface area contributed by atoms with Crippen molar-refractivity contribution in [2.45, 2.75) is 51.9 Å². The number of hydrogen-bond acceptors (Lipinski definition) is 6. The van der Waals surface area contributed by atoms with Crippen LogP contribution in [0.1, 0.15) is 31.9 Å². The molecule has 2 aromatic rings. The lowest BCUT2D eigenvalue weighted by atomic mass is 10.0. The van der Waals surface area contributed by atoms with Crippen molar-refractivity contribution in [2.24, 2.45) is 0 Å². The Labute approximate surface area is 186 Å². The first-order chi connectivity index (χ1) is 14.5. The van der Waals surface area contributed by atoms with E-state index in [0.29, 0.717) is 31.0 Å². The van der Waals surface area contributed by atoms with Crippen molar-refractivity contribution in [3.63, 3.8) is 0 Å². The molecule has 1 saturated heterocycles. The molecule has 3 rings (SSSR count). The molecule has 1 aromatic heterocycles. The molecule has 0 spiro atoms. The second-order valence-corrected chi connectivity index (χ2v) is 14.7. The number of hydrogen-bond donors (Lipinski definition) is 2. The number of aromatic nitrogens is 2. The average Bonchev–Trinajstić information content (AvgIpc) is 2.71. The van der Waals surface area contributed by atoms with Crippen molar-refractivity contribution in [3.8, 4) is 28.5 Å². The molecule has 1 aromatic carbocycles. The molecule has 0 saturated carbocycles. The Kier molecular flexibility index (Phi) is 6.75. The van der Waals surface area contributed by atoms with Gasteiger partial charge in [0.1, 0.15) is 13.8 Å². The van der Waals surface area contributed by atoms with Crippen LogP contribution in [-0.4, -0.2) is 60.9 Å². The molecule has 0 bridgehead atoms. The second-order valence-electron chi connectivity index (χ2n) is 9.71. The molecular weight excluding hydrogens is 406 g/mol. The maximum Gasteiger partial charge on any atom is 0.151 e. The van der Waals surface area contributed by atoms with Crippen LogP contribution in [0.4, 0.5) is 5.82 Å². The van der Waals surface area contributed by atoms with E-state index in [1.54, 1.807) is 6.07 Å². The largest absolute Gasteiger partial charge is 0.507 e. The highest BCUT2D eigenvalue weighted by Crippen LogP contribution is 2.36. The molecule has 1 aliphatic heterocycles. The van der Waals surface area contributed by atoms with E-state index in [2.05, 4.69) is 55.5 Å². The van der Waals surface area contributed by atoms with E-state index in [1.807, 2.05) is 30.0 Å². The summed E-state index contributed by atoms with van der Waals surface area (Å²) < 4.78 is 5.49. The van der Waals surface area contributed by atoms with E-state index >= 15 is 0 Å². The highest BCUT2D eigenvalue weighted by molar-refractivity contribution is 6.87. The summed E-state index contributed by atoms with van der Waals surface area (Å²) in [7, 11) is -1.73. The maximum atomic E-state index is 10.7. The van der Waals surface area contributed by atoms with Gasteiger partial charge in [-0.05, 0) is 41.8 Å². The zero-order valence-electron chi connectivity index (χ0n) is 19.4. The van der Waals surface area contributed by atoms with Crippen LogP contribution >= 0.6 is 0 Å². The lowest BCUT2D eigenvalue weighted by Crippen LogP contribution is -2.44. The zero-order valence-corrected chi connectivity index (χ0v) is 20.4. The molecule has 7 heteroatoms. The SMILES string of the molecule is Cc1cc(C#C[Si](C)(C)C(C)(C)C)cc(O)c1-c1ccc(N2CCO[C@H](CO)C2)nn1. The fourth-order valence-corrected chi connectivity index (χ4v) is 4.09. The number of nitrogens with zero attached hydrogens (tertiary/aromatic N) is 3. The number of aliphatic hydroxyl groups is 1. The molecule has 1 aliphatic rings. The van der Waals surface area contributed by atoms with Crippen LogP contribution in [0.25, 0.3) is 11.3 Å². The summed E-state index contributed by atoms with van der Waals surface area (Å²) in [5.41, 5.74) is 6.52. The Morgan fingerprint density at radius 2 is 1.97 bits per heavy atom. The summed E-state index contributed by atoms with van der Waals surface area (Å²) in [6.45, 7) is 15.0. The third-order valence-corrected chi connectivity index (χ3v) is 10.8. The number of morpholine rings is 1. The van der Waals surface area contributed by atoms with Crippen molar-refractivity contribution in [3.05, 3.63) is 35.4 Å². The van der Waals surface area contributed by atoms with Gasteiger partial charge in [0.05, 0.1) is 25.0 Å². The molecule has 0 aliphatic carbocycles. The predicted octanol–water partition coefficient (Wildman–Crippen LogP) is 3.75. The summed E-state index contributed by atoms with van der Waals surface area (Å²) in [5, 5.41) is 29.0. The highest BCUT2D eigenvalue weighted by Gasteiger charge is 2.33. The van der Waals surface area contributed by atoms with Crippen molar-refractivity contribution >= 4 is 13.9 Å². The molecule has 166 valence electrons. The van der Waals surface area contributed by atoms with Gasteiger partial charge in [-0.3, -0.25) is 0 Å². The fourth-order valence-electron chi connectivity index (χ4n) is 3.25. The quantitative estimate of drug-likeness (QED) is 0.560. The minimum atomic E-state index is -1.73. The molecule has 6 nitrogen and oxygen atoms in total. The van der Waals surface area contributed by atoms with Crippen LogP contribution in [0.15, 0.2) is 24.3 Å². The van der Waals surface area contributed by atoms with Gasteiger partial charge in [-0.2, -0.15) is 0 Å². The maximum absolute atomic E-state index is 10.7. The van der Waals surface area contributed by atoms with E-state index in [9.17, 15) is 10.2 Å². The number of aliphatic hydroxyl groups excluding tert-OH is 1. The molecule has 0 radical (unpaired) electrons. The van der Waals surface area contributed by atoms with E-state index in [-0.39, 0.29) is 23.5 Å². The molecule has 0 unspecified atom stereocenters. The Balaban J connectivity index is 1.84. The van der Waals surface area contributed by atoms with Crippen LogP contribution in [0, 0.1) is 18.4 Å². The number of benzene rings is 1. The van der Waals surface area contributed by atoms with Crippen LogP contribution < -0.4 is 4.90 Å². The van der Waals surface area contributed by atoms with Gasteiger partial charge in [-0.25, -0.2) is 0 Å². The van der Waals surface area contributed by atoms with E-state index < -0.39 is 8.07 Å². The lowest BCUT2D eigenvalue weighted by Gasteiger charge is -2.32. The molecule has 0 amide bonds. The van der Waals surface area contributed by atoms with Crippen LogP contribution in [-0.2, 0) is 4.74 Å². The Morgan fingerprint density at radius 1 is 1.23 bits per heavy atom. The minimum absolute atomic E-state index is 0.0141. The average molecular weight is 440 g/mol. The molecule has 1 fully saturated rings. The lowest BCUT2D eigenvalue weighted by molar-refractivity contribution is 0.00332. The normalized spacial score (nSPS) is 17.3. The monoisotopic (exact) mass is 439 g/mol. The third-order valence-electron chi connectivity index (χ3n) is 6.28. The number of anilines is 1. The summed E-state index contributed by atoms with van der Waals surface area (Å²) in [4.78, 5) is 2.05. The van der Waals surface area contributed by atoms with Gasteiger partial charge in [-0.1, -0.05) is 39.8 Å². The van der Waals surface area contributed by atoms with Gasteiger partial charge < -0.3 is 19.8 Å². The van der Waals surface area contributed by atoms with Crippen molar-refractivity contribution in [1.29, 1.82) is 0 Å². The smallest absolute Gasteiger partial charge is 0.151 e. The van der Waals surface area contributed by atoms with Crippen LogP contribution in [0.3, 0.4) is 0 Å². The Hall–Kier alpha value is -2.40. The van der Waals surface area contributed by atoms with Gasteiger partial charge in [0.25, 0.3) is 0 Å². The number of aryl methyl sites for hydroxylation is 1. The number of aromatic hydroxyl groups is 1. The number of phenols is 1. The summed E-state index contributed by atoms with van der Waals surface area (Å²) >= 11 is 0. The third kappa shape index (κ3) is 5.27.